The maximum absolute atomic E-state index is 12.8. The number of rotatable bonds is 3. The van der Waals surface area contributed by atoms with Gasteiger partial charge in [0.1, 0.15) is 0 Å². The molecule has 2 bridgehead atoms. The van der Waals surface area contributed by atoms with Crippen molar-refractivity contribution in [2.24, 2.45) is 5.92 Å². The zero-order chi connectivity index (χ0) is 17.2. The third-order valence-electron chi connectivity index (χ3n) is 6.50. The van der Waals surface area contributed by atoms with E-state index in [1.807, 2.05) is 10.4 Å². The number of sulfonamides is 1. The molecule has 136 valence electrons. The van der Waals surface area contributed by atoms with Crippen molar-refractivity contribution >= 4 is 10.0 Å². The van der Waals surface area contributed by atoms with Crippen molar-refractivity contribution in [1.82, 2.24) is 9.21 Å². The summed E-state index contributed by atoms with van der Waals surface area (Å²) in [4.78, 5) is 2.52. The highest BCUT2D eigenvalue weighted by atomic mass is 32.2. The Labute approximate surface area is 148 Å². The number of nitrogens with zero attached hydrogens (tertiary/aromatic N) is 2. The first-order valence-electron chi connectivity index (χ1n) is 9.21. The smallest absolute Gasteiger partial charge is 0.231 e. The number of piperidine rings is 3. The monoisotopic (exact) mass is 364 g/mol. The molecule has 1 aromatic rings. The Balaban J connectivity index is 1.56. The summed E-state index contributed by atoms with van der Waals surface area (Å²) in [5.41, 5.74) is 1.17. The second-order valence-electron chi connectivity index (χ2n) is 7.54. The van der Waals surface area contributed by atoms with Gasteiger partial charge < -0.3 is 9.47 Å². The molecule has 0 amide bonds. The number of ether oxygens (including phenoxy) is 2. The van der Waals surface area contributed by atoms with E-state index in [0.29, 0.717) is 12.5 Å². The highest BCUT2D eigenvalue weighted by molar-refractivity contribution is 7.89. The Morgan fingerprint density at radius 3 is 2.64 bits per heavy atom. The zero-order valence-electron chi connectivity index (χ0n) is 14.4. The van der Waals surface area contributed by atoms with Crippen LogP contribution in [0.3, 0.4) is 0 Å². The van der Waals surface area contributed by atoms with Gasteiger partial charge in [0.25, 0.3) is 0 Å². The first kappa shape index (κ1) is 15.9. The summed E-state index contributed by atoms with van der Waals surface area (Å²) in [6.07, 6.45) is 2.23. The number of hydrogen-bond acceptors (Lipinski definition) is 5. The molecule has 0 saturated carbocycles. The minimum atomic E-state index is -3.19. The zero-order valence-corrected chi connectivity index (χ0v) is 15.2. The lowest BCUT2D eigenvalue weighted by Crippen LogP contribution is -2.60. The Morgan fingerprint density at radius 1 is 1.12 bits per heavy atom. The van der Waals surface area contributed by atoms with Gasteiger partial charge in [0.05, 0.1) is 5.75 Å². The molecule has 5 aliphatic rings. The van der Waals surface area contributed by atoms with Crippen molar-refractivity contribution in [2.75, 3.05) is 32.2 Å². The first-order chi connectivity index (χ1) is 12.1. The quantitative estimate of drug-likeness (QED) is 0.816. The fraction of sp³-hybridized carbons (Fsp3) is 0.667. The van der Waals surface area contributed by atoms with Crippen LogP contribution in [0.5, 0.6) is 11.5 Å². The summed E-state index contributed by atoms with van der Waals surface area (Å²) in [5.74, 6) is 2.43. The second kappa shape index (κ2) is 5.59. The van der Waals surface area contributed by atoms with Gasteiger partial charge in [0, 0.05) is 24.5 Å². The molecule has 5 heterocycles. The Bertz CT molecular complexity index is 788. The molecule has 4 fully saturated rings. The lowest BCUT2D eigenvalue weighted by molar-refractivity contribution is 0.0123. The van der Waals surface area contributed by atoms with Gasteiger partial charge in [-0.2, -0.15) is 4.31 Å². The molecule has 0 aromatic heterocycles. The average Bonchev–Trinajstić information content (AvgIpc) is 3.28. The lowest BCUT2D eigenvalue weighted by Gasteiger charge is -2.51. The summed E-state index contributed by atoms with van der Waals surface area (Å²) in [6, 6.07) is 6.51. The Morgan fingerprint density at radius 2 is 1.88 bits per heavy atom. The van der Waals surface area contributed by atoms with Gasteiger partial charge >= 0.3 is 0 Å². The van der Waals surface area contributed by atoms with Crippen molar-refractivity contribution in [1.29, 1.82) is 0 Å². The fourth-order valence-electron chi connectivity index (χ4n) is 5.29. The normalized spacial score (nSPS) is 36.6. The molecule has 6 rings (SSSR count). The van der Waals surface area contributed by atoms with Gasteiger partial charge in [-0.05, 0) is 56.5 Å². The summed E-state index contributed by atoms with van der Waals surface area (Å²) < 4.78 is 38.3. The Hall–Kier alpha value is -1.31. The van der Waals surface area contributed by atoms with Crippen molar-refractivity contribution in [3.63, 3.8) is 0 Å². The molecule has 7 heteroatoms. The highest BCUT2D eigenvalue weighted by Crippen LogP contribution is 2.48. The number of benzene rings is 1. The van der Waals surface area contributed by atoms with E-state index in [4.69, 9.17) is 9.47 Å². The summed E-state index contributed by atoms with van der Waals surface area (Å²) in [5, 5.41) is 0. The van der Waals surface area contributed by atoms with E-state index in [0.717, 1.165) is 37.4 Å². The Kier molecular flexibility index (Phi) is 3.56. The fourth-order valence-corrected chi connectivity index (χ4v) is 6.67. The maximum atomic E-state index is 12.8. The third-order valence-corrected chi connectivity index (χ3v) is 8.33. The van der Waals surface area contributed by atoms with E-state index in [-0.39, 0.29) is 30.5 Å². The molecule has 3 atom stereocenters. The molecule has 25 heavy (non-hydrogen) atoms. The summed E-state index contributed by atoms with van der Waals surface area (Å²) >= 11 is 0. The SMILES string of the molecule is CCS(=O)(=O)N1C[C@H](c2ccc3c(c2)OCO3)[C@H]2[C@@H]1C1CCN2CC1. The molecule has 0 spiro atoms. The van der Waals surface area contributed by atoms with E-state index < -0.39 is 10.0 Å². The third kappa shape index (κ3) is 2.32. The summed E-state index contributed by atoms with van der Waals surface area (Å²) in [7, 11) is -3.19. The van der Waals surface area contributed by atoms with Crippen LogP contribution in [0.2, 0.25) is 0 Å². The van der Waals surface area contributed by atoms with Crippen molar-refractivity contribution in [2.45, 2.75) is 37.8 Å². The first-order valence-corrected chi connectivity index (χ1v) is 10.8. The standard InChI is InChI=1S/C18H24N2O4S/c1-2-25(21,22)20-10-14(13-3-4-15-16(9-13)24-11-23-15)18-17(20)12-5-7-19(18)8-6-12/h3-4,9,12,14,17-18H,2,5-8,10-11H2,1H3/t14-,17+,18+/m1/s1. The van der Waals surface area contributed by atoms with Crippen LogP contribution in [0.25, 0.3) is 0 Å². The largest absolute Gasteiger partial charge is 0.454 e. The van der Waals surface area contributed by atoms with Gasteiger partial charge in [-0.15, -0.1) is 0 Å². The molecular weight excluding hydrogens is 340 g/mol. The maximum Gasteiger partial charge on any atom is 0.231 e. The van der Waals surface area contributed by atoms with Gasteiger partial charge in [-0.25, -0.2) is 8.42 Å². The molecule has 4 saturated heterocycles. The van der Waals surface area contributed by atoms with Gasteiger partial charge in [-0.3, -0.25) is 4.90 Å². The van der Waals surface area contributed by atoms with Gasteiger partial charge in [0.2, 0.25) is 16.8 Å². The van der Waals surface area contributed by atoms with E-state index >= 15 is 0 Å². The van der Waals surface area contributed by atoms with Crippen LogP contribution in [0, 0.1) is 5.92 Å². The molecule has 1 aromatic carbocycles. The molecule has 0 aliphatic carbocycles. The topological polar surface area (TPSA) is 59.1 Å². The minimum Gasteiger partial charge on any atom is -0.454 e. The van der Waals surface area contributed by atoms with Crippen LogP contribution >= 0.6 is 0 Å². The van der Waals surface area contributed by atoms with E-state index in [9.17, 15) is 8.42 Å². The van der Waals surface area contributed by atoms with Crippen LogP contribution in [-0.2, 0) is 10.0 Å². The van der Waals surface area contributed by atoms with Crippen LogP contribution in [-0.4, -0.2) is 61.9 Å². The summed E-state index contributed by atoms with van der Waals surface area (Å²) in [6.45, 7) is 4.78. The second-order valence-corrected chi connectivity index (χ2v) is 9.75. The molecule has 0 N–H and O–H groups in total. The van der Waals surface area contributed by atoms with Crippen LogP contribution in [0.4, 0.5) is 0 Å². The number of fused-ring (bicyclic) bond motifs is 3. The van der Waals surface area contributed by atoms with Crippen molar-refractivity contribution in [3.05, 3.63) is 23.8 Å². The highest BCUT2D eigenvalue weighted by Gasteiger charge is 2.56. The van der Waals surface area contributed by atoms with E-state index in [2.05, 4.69) is 17.0 Å². The van der Waals surface area contributed by atoms with Crippen LogP contribution < -0.4 is 9.47 Å². The average molecular weight is 364 g/mol. The number of hydrogen-bond donors (Lipinski definition) is 0. The molecule has 5 aliphatic heterocycles. The van der Waals surface area contributed by atoms with Gasteiger partial charge in [0.15, 0.2) is 11.5 Å². The van der Waals surface area contributed by atoms with E-state index in [1.54, 1.807) is 6.92 Å². The minimum absolute atomic E-state index is 0.128. The van der Waals surface area contributed by atoms with Crippen LogP contribution in [0.15, 0.2) is 18.2 Å². The predicted octanol–water partition coefficient (Wildman–Crippen LogP) is 1.63. The molecular formula is C18H24N2O4S. The predicted molar refractivity (Wildman–Crippen MR) is 93.3 cm³/mol. The van der Waals surface area contributed by atoms with Crippen LogP contribution in [0.1, 0.15) is 31.2 Å². The lowest BCUT2D eigenvalue weighted by atomic mass is 9.75. The van der Waals surface area contributed by atoms with E-state index in [1.165, 1.54) is 5.56 Å². The van der Waals surface area contributed by atoms with Crippen molar-refractivity contribution in [3.8, 4) is 11.5 Å². The molecule has 0 unspecified atom stereocenters. The van der Waals surface area contributed by atoms with Crippen molar-refractivity contribution < 1.29 is 17.9 Å². The molecule has 6 nitrogen and oxygen atoms in total. The van der Waals surface area contributed by atoms with Gasteiger partial charge in [-0.1, -0.05) is 6.07 Å². The molecule has 0 radical (unpaired) electrons.